The van der Waals surface area contributed by atoms with E-state index < -0.39 is 18.6 Å². The molecule has 0 aliphatic rings. The monoisotopic (exact) mass is 211 g/mol. The maximum Gasteiger partial charge on any atom is 0.336 e. The van der Waals surface area contributed by atoms with Crippen molar-refractivity contribution in [3.63, 3.8) is 0 Å². The molecule has 5 N–H and O–H groups in total. The van der Waals surface area contributed by atoms with Gasteiger partial charge >= 0.3 is 5.97 Å². The van der Waals surface area contributed by atoms with Crippen molar-refractivity contribution in [2.24, 2.45) is 5.73 Å². The first-order valence-corrected chi connectivity index (χ1v) is 4.41. The highest BCUT2D eigenvalue weighted by molar-refractivity contribution is 5.90. The molecule has 1 aromatic carbocycles. The number of nitrogens with two attached hydrogens (primary N) is 1. The molecule has 0 saturated heterocycles. The van der Waals surface area contributed by atoms with Crippen LogP contribution >= 0.6 is 0 Å². The van der Waals surface area contributed by atoms with Crippen LogP contribution in [0.3, 0.4) is 0 Å². The lowest BCUT2D eigenvalue weighted by molar-refractivity contribution is 0.0694. The molecule has 5 heteroatoms. The molecule has 1 rings (SSSR count). The van der Waals surface area contributed by atoms with Gasteiger partial charge in [0.25, 0.3) is 0 Å². The van der Waals surface area contributed by atoms with Gasteiger partial charge in [0.05, 0.1) is 18.2 Å². The summed E-state index contributed by atoms with van der Waals surface area (Å²) in [5.74, 6) is -1.35. The number of carboxylic acids is 1. The summed E-state index contributed by atoms with van der Waals surface area (Å²) in [5, 5.41) is 27.4. The van der Waals surface area contributed by atoms with Crippen LogP contribution in [-0.2, 0) is 0 Å². The number of hydrogen-bond acceptors (Lipinski definition) is 4. The van der Waals surface area contributed by atoms with Crippen molar-refractivity contribution in [1.29, 1.82) is 0 Å². The summed E-state index contributed by atoms with van der Waals surface area (Å²) in [4.78, 5) is 10.9. The Balaban J connectivity index is 3.41. The zero-order chi connectivity index (χ0) is 11.6. The molecule has 82 valence electrons. The van der Waals surface area contributed by atoms with Crippen LogP contribution in [0.1, 0.15) is 27.5 Å². The average Bonchev–Trinajstić information content (AvgIpc) is 2.20. The van der Waals surface area contributed by atoms with Crippen molar-refractivity contribution in [3.8, 4) is 5.75 Å². The van der Waals surface area contributed by atoms with Crippen molar-refractivity contribution in [3.05, 3.63) is 28.8 Å². The van der Waals surface area contributed by atoms with Crippen LogP contribution in [-0.4, -0.2) is 27.9 Å². The van der Waals surface area contributed by atoms with E-state index in [0.29, 0.717) is 5.56 Å². The minimum Gasteiger partial charge on any atom is -0.507 e. The molecule has 0 aromatic heterocycles. The first kappa shape index (κ1) is 11.5. The fourth-order valence-corrected chi connectivity index (χ4v) is 1.37. The second-order valence-electron chi connectivity index (χ2n) is 3.29. The molecule has 15 heavy (non-hydrogen) atoms. The van der Waals surface area contributed by atoms with Gasteiger partial charge in [-0.15, -0.1) is 0 Å². The minimum absolute atomic E-state index is 0.0741. The first-order chi connectivity index (χ1) is 6.99. The van der Waals surface area contributed by atoms with Gasteiger partial charge in [-0.1, -0.05) is 6.07 Å². The van der Waals surface area contributed by atoms with E-state index in [9.17, 15) is 9.90 Å². The Hall–Kier alpha value is -1.59. The lowest BCUT2D eigenvalue weighted by Crippen LogP contribution is -2.18. The zero-order valence-electron chi connectivity index (χ0n) is 8.27. The number of aliphatic hydroxyl groups excluding tert-OH is 1. The molecule has 1 atom stereocenters. The Morgan fingerprint density at radius 2 is 2.13 bits per heavy atom. The number of aromatic carboxylic acids is 1. The van der Waals surface area contributed by atoms with Gasteiger partial charge < -0.3 is 21.1 Å². The van der Waals surface area contributed by atoms with E-state index in [-0.39, 0.29) is 16.9 Å². The van der Waals surface area contributed by atoms with E-state index in [1.165, 1.54) is 12.1 Å². The number of aromatic hydroxyl groups is 1. The van der Waals surface area contributed by atoms with Gasteiger partial charge in [-0.2, -0.15) is 0 Å². The fourth-order valence-electron chi connectivity index (χ4n) is 1.37. The highest BCUT2D eigenvalue weighted by Crippen LogP contribution is 2.29. The van der Waals surface area contributed by atoms with Crippen LogP contribution in [0.4, 0.5) is 0 Å². The van der Waals surface area contributed by atoms with E-state index in [1.54, 1.807) is 6.92 Å². The average molecular weight is 211 g/mol. The standard InChI is InChI=1S/C10H13NO4/c1-5-2-3-6(10(14)15)8(9(5)13)7(11)4-12/h2-3,7,12-13H,4,11H2,1H3,(H,14,15)/t7-/m0/s1. The Morgan fingerprint density at radius 1 is 1.53 bits per heavy atom. The Labute approximate surface area is 86.8 Å². The Kier molecular flexibility index (Phi) is 3.28. The molecule has 1 aromatic rings. The number of aliphatic hydroxyl groups is 1. The lowest BCUT2D eigenvalue weighted by Gasteiger charge is -2.15. The number of hydrogen-bond donors (Lipinski definition) is 4. The van der Waals surface area contributed by atoms with Gasteiger partial charge in [-0.05, 0) is 18.6 Å². The van der Waals surface area contributed by atoms with Gasteiger partial charge in [-0.25, -0.2) is 4.79 Å². The van der Waals surface area contributed by atoms with Crippen molar-refractivity contribution in [2.45, 2.75) is 13.0 Å². The molecule has 0 saturated carbocycles. The summed E-state index contributed by atoms with van der Waals surface area (Å²) < 4.78 is 0. The number of carboxylic acid groups (broad SMARTS) is 1. The summed E-state index contributed by atoms with van der Waals surface area (Å²) in [7, 11) is 0. The van der Waals surface area contributed by atoms with Crippen molar-refractivity contribution in [2.75, 3.05) is 6.61 Å². The number of carbonyl (C=O) groups is 1. The third-order valence-corrected chi connectivity index (χ3v) is 2.22. The van der Waals surface area contributed by atoms with Crippen LogP contribution in [0.5, 0.6) is 5.75 Å². The quantitative estimate of drug-likeness (QED) is 0.579. The van der Waals surface area contributed by atoms with Crippen LogP contribution < -0.4 is 5.73 Å². The van der Waals surface area contributed by atoms with Gasteiger partial charge in [0.15, 0.2) is 0 Å². The minimum atomic E-state index is -1.18. The summed E-state index contributed by atoms with van der Waals surface area (Å²) in [5.41, 5.74) is 6.05. The number of rotatable bonds is 3. The second kappa shape index (κ2) is 4.29. The molecular formula is C10H13NO4. The molecule has 0 bridgehead atoms. The van der Waals surface area contributed by atoms with Gasteiger partial charge in [0.2, 0.25) is 0 Å². The maximum absolute atomic E-state index is 10.9. The Bertz CT molecular complexity index is 389. The summed E-state index contributed by atoms with van der Waals surface area (Å²) in [6, 6.07) is 1.96. The van der Waals surface area contributed by atoms with Crippen LogP contribution in [0.2, 0.25) is 0 Å². The number of aryl methyl sites for hydroxylation is 1. The highest BCUT2D eigenvalue weighted by atomic mass is 16.4. The third-order valence-electron chi connectivity index (χ3n) is 2.22. The fraction of sp³-hybridized carbons (Fsp3) is 0.300. The molecule has 0 heterocycles. The molecule has 0 amide bonds. The summed E-state index contributed by atoms with van der Waals surface area (Å²) in [6.45, 7) is 1.21. The molecule has 0 unspecified atom stereocenters. The highest BCUT2D eigenvalue weighted by Gasteiger charge is 2.20. The van der Waals surface area contributed by atoms with E-state index in [4.69, 9.17) is 15.9 Å². The van der Waals surface area contributed by atoms with Gasteiger partial charge in [0.1, 0.15) is 5.75 Å². The number of benzene rings is 1. The first-order valence-electron chi connectivity index (χ1n) is 4.41. The van der Waals surface area contributed by atoms with Crippen molar-refractivity contribution in [1.82, 2.24) is 0 Å². The largest absolute Gasteiger partial charge is 0.507 e. The molecule has 5 nitrogen and oxygen atoms in total. The summed E-state index contributed by atoms with van der Waals surface area (Å²) in [6.07, 6.45) is 0. The third kappa shape index (κ3) is 2.08. The van der Waals surface area contributed by atoms with Gasteiger partial charge in [-0.3, -0.25) is 0 Å². The zero-order valence-corrected chi connectivity index (χ0v) is 8.27. The normalized spacial score (nSPS) is 12.5. The smallest absolute Gasteiger partial charge is 0.336 e. The van der Waals surface area contributed by atoms with Crippen LogP contribution in [0.25, 0.3) is 0 Å². The number of phenols is 1. The van der Waals surface area contributed by atoms with Crippen LogP contribution in [0.15, 0.2) is 12.1 Å². The van der Waals surface area contributed by atoms with Crippen molar-refractivity contribution >= 4 is 5.97 Å². The van der Waals surface area contributed by atoms with E-state index in [2.05, 4.69) is 0 Å². The molecular weight excluding hydrogens is 198 g/mol. The maximum atomic E-state index is 10.9. The van der Waals surface area contributed by atoms with E-state index >= 15 is 0 Å². The second-order valence-corrected chi connectivity index (χ2v) is 3.29. The summed E-state index contributed by atoms with van der Waals surface area (Å²) >= 11 is 0. The van der Waals surface area contributed by atoms with Crippen molar-refractivity contribution < 1.29 is 20.1 Å². The molecule has 0 radical (unpaired) electrons. The SMILES string of the molecule is Cc1ccc(C(=O)O)c([C@@H](N)CO)c1O. The Morgan fingerprint density at radius 3 is 2.60 bits per heavy atom. The predicted molar refractivity (Wildman–Crippen MR) is 53.8 cm³/mol. The van der Waals surface area contributed by atoms with E-state index in [1.807, 2.05) is 0 Å². The van der Waals surface area contributed by atoms with E-state index in [0.717, 1.165) is 0 Å². The lowest BCUT2D eigenvalue weighted by atomic mass is 9.97. The van der Waals surface area contributed by atoms with Gasteiger partial charge in [0, 0.05) is 5.56 Å². The molecule has 0 fully saturated rings. The topological polar surface area (TPSA) is 104 Å². The predicted octanol–water partition coefficient (Wildman–Crippen LogP) is 0.391. The number of phenolic OH excluding ortho intramolecular Hbond substituents is 1. The molecule has 0 aliphatic carbocycles. The molecule has 0 aliphatic heterocycles. The molecule has 0 spiro atoms. The van der Waals surface area contributed by atoms with Crippen LogP contribution in [0, 0.1) is 6.92 Å².